The van der Waals surface area contributed by atoms with Crippen LogP contribution in [0.4, 0.5) is 11.4 Å². The average molecular weight is 262 g/mol. The maximum absolute atomic E-state index is 10.8. The van der Waals surface area contributed by atoms with Gasteiger partial charge in [0.05, 0.1) is 16.8 Å². The Morgan fingerprint density at radius 3 is 3.00 bits per heavy atom. The van der Waals surface area contributed by atoms with Gasteiger partial charge in [-0.25, -0.2) is 4.79 Å². The first-order valence-electron chi connectivity index (χ1n) is 5.32. The number of non-ortho nitro benzene ring substituents is 1. The molecule has 0 saturated carbocycles. The van der Waals surface area contributed by atoms with E-state index in [0.29, 0.717) is 11.3 Å². The SMILES string of the molecule is O=C(O)c1[nH]ncc1NCc1cccc([N+](=O)[O-])c1. The molecule has 1 heterocycles. The number of nitrogens with zero attached hydrogens (tertiary/aromatic N) is 2. The fraction of sp³-hybridized carbons (Fsp3) is 0.0909. The van der Waals surface area contributed by atoms with Gasteiger partial charge in [0.1, 0.15) is 0 Å². The van der Waals surface area contributed by atoms with E-state index in [0.717, 1.165) is 0 Å². The Labute approximate surface area is 107 Å². The van der Waals surface area contributed by atoms with Crippen molar-refractivity contribution in [3.05, 3.63) is 51.8 Å². The van der Waals surface area contributed by atoms with E-state index in [1.54, 1.807) is 12.1 Å². The number of carboxylic acids is 1. The molecule has 98 valence electrons. The molecule has 0 saturated heterocycles. The molecular weight excluding hydrogens is 252 g/mol. The van der Waals surface area contributed by atoms with Crippen LogP contribution in [0.5, 0.6) is 0 Å². The van der Waals surface area contributed by atoms with Gasteiger partial charge < -0.3 is 10.4 Å². The molecule has 8 heteroatoms. The van der Waals surface area contributed by atoms with Gasteiger partial charge in [-0.05, 0) is 5.56 Å². The molecule has 1 aromatic carbocycles. The minimum Gasteiger partial charge on any atom is -0.476 e. The summed E-state index contributed by atoms with van der Waals surface area (Å²) in [6.45, 7) is 0.265. The highest BCUT2D eigenvalue weighted by Crippen LogP contribution is 2.16. The molecule has 0 radical (unpaired) electrons. The second-order valence-electron chi connectivity index (χ2n) is 3.74. The van der Waals surface area contributed by atoms with Crippen LogP contribution in [-0.4, -0.2) is 26.2 Å². The number of nitro groups is 1. The van der Waals surface area contributed by atoms with E-state index in [4.69, 9.17) is 5.11 Å². The standard InChI is InChI=1S/C11H10N4O4/c16-11(17)10-9(6-13-14-10)12-5-7-2-1-3-8(4-7)15(18)19/h1-4,6,12H,5H2,(H,13,14)(H,16,17). The zero-order valence-electron chi connectivity index (χ0n) is 9.66. The first-order valence-corrected chi connectivity index (χ1v) is 5.32. The van der Waals surface area contributed by atoms with E-state index in [9.17, 15) is 14.9 Å². The summed E-state index contributed by atoms with van der Waals surface area (Å²) in [5.41, 5.74) is 0.945. The van der Waals surface area contributed by atoms with Gasteiger partial charge in [0, 0.05) is 18.7 Å². The number of carbonyl (C=O) groups is 1. The molecule has 2 rings (SSSR count). The van der Waals surface area contributed by atoms with Gasteiger partial charge in [0.25, 0.3) is 5.69 Å². The Hall–Kier alpha value is -2.90. The van der Waals surface area contributed by atoms with Crippen LogP contribution in [0, 0.1) is 10.1 Å². The summed E-state index contributed by atoms with van der Waals surface area (Å²) in [6.07, 6.45) is 1.35. The smallest absolute Gasteiger partial charge is 0.356 e. The minimum absolute atomic E-state index is 0.00930. The number of nitro benzene ring substituents is 1. The van der Waals surface area contributed by atoms with Gasteiger partial charge in [-0.1, -0.05) is 12.1 Å². The Kier molecular flexibility index (Phi) is 3.42. The first-order chi connectivity index (χ1) is 9.08. The molecule has 0 aliphatic carbocycles. The molecule has 1 aromatic heterocycles. The molecule has 0 bridgehead atoms. The monoisotopic (exact) mass is 262 g/mol. The van der Waals surface area contributed by atoms with E-state index in [-0.39, 0.29) is 17.9 Å². The van der Waals surface area contributed by atoms with Crippen molar-refractivity contribution in [3.63, 3.8) is 0 Å². The fourth-order valence-electron chi connectivity index (χ4n) is 1.56. The lowest BCUT2D eigenvalue weighted by Crippen LogP contribution is -2.05. The van der Waals surface area contributed by atoms with E-state index >= 15 is 0 Å². The summed E-state index contributed by atoms with van der Waals surface area (Å²) in [7, 11) is 0. The quantitative estimate of drug-likeness (QED) is 0.556. The molecule has 0 spiro atoms. The van der Waals surface area contributed by atoms with Gasteiger partial charge >= 0.3 is 5.97 Å². The van der Waals surface area contributed by atoms with Crippen LogP contribution in [0.15, 0.2) is 30.5 Å². The molecule has 0 unspecified atom stereocenters. The van der Waals surface area contributed by atoms with Gasteiger partial charge in [-0.15, -0.1) is 0 Å². The van der Waals surface area contributed by atoms with Crippen molar-refractivity contribution in [2.24, 2.45) is 0 Å². The van der Waals surface area contributed by atoms with E-state index in [1.807, 2.05) is 0 Å². The third-order valence-electron chi connectivity index (χ3n) is 2.46. The average Bonchev–Trinajstić information content (AvgIpc) is 2.85. The fourth-order valence-corrected chi connectivity index (χ4v) is 1.56. The molecular formula is C11H10N4O4. The van der Waals surface area contributed by atoms with Gasteiger partial charge in [-0.2, -0.15) is 5.10 Å². The van der Waals surface area contributed by atoms with Gasteiger partial charge in [0.2, 0.25) is 0 Å². The third kappa shape index (κ3) is 2.86. The molecule has 8 nitrogen and oxygen atoms in total. The van der Waals surface area contributed by atoms with Crippen LogP contribution in [-0.2, 0) is 6.54 Å². The molecule has 0 fully saturated rings. The number of aromatic carboxylic acids is 1. The lowest BCUT2D eigenvalue weighted by molar-refractivity contribution is -0.384. The number of aromatic nitrogens is 2. The summed E-state index contributed by atoms with van der Waals surface area (Å²) < 4.78 is 0. The molecule has 0 aliphatic heterocycles. The number of hydrogen-bond acceptors (Lipinski definition) is 5. The topological polar surface area (TPSA) is 121 Å². The zero-order chi connectivity index (χ0) is 13.8. The molecule has 0 atom stereocenters. The van der Waals surface area contributed by atoms with Crippen molar-refractivity contribution in [1.82, 2.24) is 10.2 Å². The predicted octanol–water partition coefficient (Wildman–Crippen LogP) is 1.63. The van der Waals surface area contributed by atoms with Crippen molar-refractivity contribution in [2.45, 2.75) is 6.54 Å². The van der Waals surface area contributed by atoms with Crippen molar-refractivity contribution < 1.29 is 14.8 Å². The van der Waals surface area contributed by atoms with Crippen molar-refractivity contribution >= 4 is 17.3 Å². The normalized spacial score (nSPS) is 10.1. The second kappa shape index (κ2) is 5.17. The molecule has 0 amide bonds. The number of H-pyrrole nitrogens is 1. The highest BCUT2D eigenvalue weighted by atomic mass is 16.6. The van der Waals surface area contributed by atoms with Crippen LogP contribution in [0.25, 0.3) is 0 Å². The number of carboxylic acid groups (broad SMARTS) is 1. The zero-order valence-corrected chi connectivity index (χ0v) is 9.66. The van der Waals surface area contributed by atoms with E-state index < -0.39 is 10.9 Å². The summed E-state index contributed by atoms with van der Waals surface area (Å²) in [5, 5.41) is 28.3. The van der Waals surface area contributed by atoms with E-state index in [2.05, 4.69) is 15.5 Å². The van der Waals surface area contributed by atoms with Crippen molar-refractivity contribution in [1.29, 1.82) is 0 Å². The molecule has 0 aliphatic rings. The third-order valence-corrected chi connectivity index (χ3v) is 2.46. The maximum Gasteiger partial charge on any atom is 0.356 e. The number of hydrogen-bond donors (Lipinski definition) is 3. The lowest BCUT2D eigenvalue weighted by atomic mass is 10.2. The highest BCUT2D eigenvalue weighted by molar-refractivity contribution is 5.91. The Balaban J connectivity index is 2.10. The highest BCUT2D eigenvalue weighted by Gasteiger charge is 2.12. The molecule has 3 N–H and O–H groups in total. The molecule has 2 aromatic rings. The Morgan fingerprint density at radius 1 is 1.53 bits per heavy atom. The summed E-state index contributed by atoms with van der Waals surface area (Å²) in [4.78, 5) is 21.0. The second-order valence-corrected chi connectivity index (χ2v) is 3.74. The number of benzene rings is 1. The Morgan fingerprint density at radius 2 is 2.32 bits per heavy atom. The summed E-state index contributed by atoms with van der Waals surface area (Å²) >= 11 is 0. The number of aromatic amines is 1. The van der Waals surface area contributed by atoms with Crippen LogP contribution < -0.4 is 5.32 Å². The maximum atomic E-state index is 10.8. The van der Waals surface area contributed by atoms with Gasteiger partial charge in [0.15, 0.2) is 5.69 Å². The minimum atomic E-state index is -1.13. The lowest BCUT2D eigenvalue weighted by Gasteiger charge is -2.04. The van der Waals surface area contributed by atoms with Crippen LogP contribution >= 0.6 is 0 Å². The Bertz CT molecular complexity index is 623. The largest absolute Gasteiger partial charge is 0.476 e. The number of nitrogens with one attached hydrogen (secondary N) is 2. The van der Waals surface area contributed by atoms with Crippen LogP contribution in [0.1, 0.15) is 16.1 Å². The van der Waals surface area contributed by atoms with Crippen LogP contribution in [0.2, 0.25) is 0 Å². The van der Waals surface area contributed by atoms with Crippen molar-refractivity contribution in [3.8, 4) is 0 Å². The van der Waals surface area contributed by atoms with Crippen molar-refractivity contribution in [2.75, 3.05) is 5.32 Å². The van der Waals surface area contributed by atoms with Gasteiger partial charge in [-0.3, -0.25) is 15.2 Å². The number of rotatable bonds is 5. The van der Waals surface area contributed by atoms with E-state index in [1.165, 1.54) is 18.3 Å². The molecule has 19 heavy (non-hydrogen) atoms. The first kappa shape index (κ1) is 12.6. The summed E-state index contributed by atoms with van der Waals surface area (Å²) in [6, 6.07) is 6.10. The predicted molar refractivity (Wildman–Crippen MR) is 66.0 cm³/mol. The van der Waals surface area contributed by atoms with Crippen LogP contribution in [0.3, 0.4) is 0 Å². The summed E-state index contributed by atoms with van der Waals surface area (Å²) in [5.74, 6) is -1.13. The number of anilines is 1.